The van der Waals surface area contributed by atoms with Gasteiger partial charge < -0.3 is 10.6 Å². The molecule has 2 atom stereocenters. The van der Waals surface area contributed by atoms with Gasteiger partial charge in [-0.1, -0.05) is 6.92 Å². The summed E-state index contributed by atoms with van der Waals surface area (Å²) in [5, 5.41) is 6.89. The van der Waals surface area contributed by atoms with E-state index in [-0.39, 0.29) is 28.7 Å². The van der Waals surface area contributed by atoms with E-state index in [9.17, 15) is 0 Å². The Morgan fingerprint density at radius 3 is 2.64 bits per heavy atom. The minimum absolute atomic E-state index is 0. The molecule has 0 bridgehead atoms. The van der Waals surface area contributed by atoms with Crippen LogP contribution < -0.4 is 10.6 Å². The first-order chi connectivity index (χ1) is 9.88. The first-order valence-electron chi connectivity index (χ1n) is 8.11. The van der Waals surface area contributed by atoms with Crippen LogP contribution in [0.5, 0.6) is 0 Å². The number of thioether (sulfide) groups is 1. The molecular weight excluding hydrogens is 407 g/mol. The van der Waals surface area contributed by atoms with Crippen molar-refractivity contribution < 1.29 is 0 Å². The minimum atomic E-state index is 0. The molecule has 0 radical (unpaired) electrons. The van der Waals surface area contributed by atoms with E-state index in [1.54, 1.807) is 0 Å². The van der Waals surface area contributed by atoms with Crippen LogP contribution in [0.4, 0.5) is 0 Å². The summed E-state index contributed by atoms with van der Waals surface area (Å²) in [6, 6.07) is 0.555. The number of likely N-dealkylation sites (tertiary alicyclic amines) is 1. The minimum Gasteiger partial charge on any atom is -0.355 e. The molecule has 0 aliphatic carbocycles. The molecule has 0 aromatic rings. The third-order valence-corrected chi connectivity index (χ3v) is 5.58. The maximum absolute atomic E-state index is 4.32. The van der Waals surface area contributed by atoms with Crippen LogP contribution in [0.1, 0.15) is 40.5 Å². The molecule has 1 heterocycles. The van der Waals surface area contributed by atoms with E-state index in [0.29, 0.717) is 6.04 Å². The lowest BCUT2D eigenvalue weighted by atomic mass is 9.99. The topological polar surface area (TPSA) is 39.7 Å². The summed E-state index contributed by atoms with van der Waals surface area (Å²) in [5.74, 6) is 1.75. The Labute approximate surface area is 158 Å². The molecule has 1 aliphatic rings. The van der Waals surface area contributed by atoms with Crippen molar-refractivity contribution in [3.05, 3.63) is 0 Å². The van der Waals surface area contributed by atoms with Gasteiger partial charge in [0.25, 0.3) is 0 Å². The lowest BCUT2D eigenvalue weighted by Crippen LogP contribution is -2.50. The Morgan fingerprint density at radius 1 is 1.41 bits per heavy atom. The Hall–Kier alpha value is 0.310. The summed E-state index contributed by atoms with van der Waals surface area (Å²) in [5.41, 5.74) is 0. The zero-order valence-corrected chi connectivity index (χ0v) is 18.3. The molecule has 2 unspecified atom stereocenters. The Morgan fingerprint density at radius 2 is 2.09 bits per heavy atom. The summed E-state index contributed by atoms with van der Waals surface area (Å²) in [7, 11) is 1.84. The van der Waals surface area contributed by atoms with Gasteiger partial charge in [0, 0.05) is 37.5 Å². The number of aliphatic imine (C=N–C) groups is 1. The summed E-state index contributed by atoms with van der Waals surface area (Å²) < 4.78 is 0.228. The molecule has 0 aromatic carbocycles. The van der Waals surface area contributed by atoms with Crippen LogP contribution in [0.2, 0.25) is 0 Å². The fraction of sp³-hybridized carbons (Fsp3) is 0.938. The van der Waals surface area contributed by atoms with Crippen LogP contribution in [0, 0.1) is 5.92 Å². The van der Waals surface area contributed by atoms with Crippen molar-refractivity contribution in [2.24, 2.45) is 10.9 Å². The number of piperidine rings is 1. The number of rotatable bonds is 6. The van der Waals surface area contributed by atoms with E-state index < -0.39 is 0 Å². The van der Waals surface area contributed by atoms with Crippen molar-refractivity contribution in [2.75, 3.05) is 39.5 Å². The van der Waals surface area contributed by atoms with Gasteiger partial charge in [0.2, 0.25) is 0 Å². The molecule has 1 saturated heterocycles. The average molecular weight is 442 g/mol. The second kappa shape index (κ2) is 11.0. The number of nitrogens with zero attached hydrogens (tertiary/aromatic N) is 2. The maximum Gasteiger partial charge on any atom is 0.191 e. The summed E-state index contributed by atoms with van der Waals surface area (Å²) in [6.45, 7) is 13.5. The molecule has 6 heteroatoms. The van der Waals surface area contributed by atoms with Crippen LogP contribution in [0.25, 0.3) is 0 Å². The van der Waals surface area contributed by atoms with Gasteiger partial charge in [-0.2, -0.15) is 11.8 Å². The highest BCUT2D eigenvalue weighted by Crippen LogP contribution is 2.19. The molecule has 22 heavy (non-hydrogen) atoms. The fourth-order valence-corrected chi connectivity index (χ4v) is 2.81. The number of nitrogens with one attached hydrogen (secondary N) is 2. The molecule has 4 nitrogen and oxygen atoms in total. The molecule has 0 saturated carbocycles. The number of hydrogen-bond donors (Lipinski definition) is 2. The third-order valence-electron chi connectivity index (χ3n) is 4.33. The van der Waals surface area contributed by atoms with Crippen molar-refractivity contribution in [2.45, 2.75) is 51.3 Å². The van der Waals surface area contributed by atoms with Gasteiger partial charge in [0.1, 0.15) is 0 Å². The molecule has 0 amide bonds. The van der Waals surface area contributed by atoms with Gasteiger partial charge in [-0.15, -0.1) is 24.0 Å². The van der Waals surface area contributed by atoms with Gasteiger partial charge >= 0.3 is 0 Å². The van der Waals surface area contributed by atoms with Gasteiger partial charge in [-0.3, -0.25) is 9.89 Å². The van der Waals surface area contributed by atoms with Gasteiger partial charge in [0.15, 0.2) is 5.96 Å². The highest BCUT2D eigenvalue weighted by molar-refractivity contribution is 14.0. The standard InChI is InChI=1S/C16H34N4S.HI/c1-13-8-7-9-20(11-13)14(2)10-18-15(17-5)19-12-16(3,4)21-6;/h13-14H,7-12H2,1-6H3,(H2,17,18,19);1H. The van der Waals surface area contributed by atoms with Crippen LogP contribution in [0.3, 0.4) is 0 Å². The van der Waals surface area contributed by atoms with Gasteiger partial charge in [-0.05, 0) is 52.3 Å². The molecular formula is C16H35IN4S. The van der Waals surface area contributed by atoms with Crippen molar-refractivity contribution in [1.29, 1.82) is 0 Å². The molecule has 1 aliphatic heterocycles. The van der Waals surface area contributed by atoms with Crippen LogP contribution >= 0.6 is 35.7 Å². The van der Waals surface area contributed by atoms with E-state index in [1.807, 2.05) is 18.8 Å². The number of hydrogen-bond acceptors (Lipinski definition) is 3. The normalized spacial score (nSPS) is 21.9. The Bertz CT molecular complexity index is 336. The number of halogens is 1. The smallest absolute Gasteiger partial charge is 0.191 e. The van der Waals surface area contributed by atoms with Gasteiger partial charge in [-0.25, -0.2) is 0 Å². The average Bonchev–Trinajstić information content (AvgIpc) is 2.47. The van der Waals surface area contributed by atoms with E-state index in [1.165, 1.54) is 25.9 Å². The fourth-order valence-electron chi connectivity index (χ4n) is 2.59. The molecule has 0 spiro atoms. The monoisotopic (exact) mass is 442 g/mol. The van der Waals surface area contributed by atoms with E-state index in [4.69, 9.17) is 0 Å². The van der Waals surface area contributed by atoms with Crippen molar-refractivity contribution in [1.82, 2.24) is 15.5 Å². The van der Waals surface area contributed by atoms with E-state index in [2.05, 4.69) is 54.5 Å². The highest BCUT2D eigenvalue weighted by atomic mass is 127. The van der Waals surface area contributed by atoms with Crippen LogP contribution in [-0.2, 0) is 0 Å². The van der Waals surface area contributed by atoms with E-state index in [0.717, 1.165) is 25.0 Å². The van der Waals surface area contributed by atoms with Crippen LogP contribution in [0.15, 0.2) is 4.99 Å². The summed E-state index contributed by atoms with van der Waals surface area (Å²) >= 11 is 1.87. The third kappa shape index (κ3) is 8.24. The van der Waals surface area contributed by atoms with E-state index >= 15 is 0 Å². The van der Waals surface area contributed by atoms with Crippen molar-refractivity contribution in [3.63, 3.8) is 0 Å². The zero-order valence-electron chi connectivity index (χ0n) is 15.1. The second-order valence-electron chi connectivity index (χ2n) is 6.86. The highest BCUT2D eigenvalue weighted by Gasteiger charge is 2.21. The van der Waals surface area contributed by atoms with Crippen LogP contribution in [-0.4, -0.2) is 61.1 Å². The van der Waals surface area contributed by atoms with Crippen molar-refractivity contribution in [3.8, 4) is 0 Å². The Kier molecular flexibility index (Phi) is 11.1. The molecule has 132 valence electrons. The first-order valence-corrected chi connectivity index (χ1v) is 9.34. The lowest BCUT2D eigenvalue weighted by Gasteiger charge is -2.36. The molecule has 0 aromatic heterocycles. The zero-order chi connectivity index (χ0) is 15.9. The number of guanidine groups is 1. The maximum atomic E-state index is 4.32. The lowest BCUT2D eigenvalue weighted by molar-refractivity contribution is 0.139. The van der Waals surface area contributed by atoms with Crippen molar-refractivity contribution >= 4 is 41.7 Å². The second-order valence-corrected chi connectivity index (χ2v) is 8.38. The Balaban J connectivity index is 0.00000441. The summed E-state index contributed by atoms with van der Waals surface area (Å²) in [6.07, 6.45) is 4.86. The molecule has 1 fully saturated rings. The molecule has 1 rings (SSSR count). The summed E-state index contributed by atoms with van der Waals surface area (Å²) in [4.78, 5) is 6.92. The largest absolute Gasteiger partial charge is 0.355 e. The molecule has 2 N–H and O–H groups in total. The first kappa shape index (κ1) is 22.3. The predicted octanol–water partition coefficient (Wildman–Crippen LogP) is 3.03. The quantitative estimate of drug-likeness (QED) is 0.377. The SMILES string of the molecule is CN=C(NCC(C)N1CCCC(C)C1)NCC(C)(C)SC.I. The predicted molar refractivity (Wildman–Crippen MR) is 112 cm³/mol. The van der Waals surface area contributed by atoms with Gasteiger partial charge in [0.05, 0.1) is 0 Å².